The van der Waals surface area contributed by atoms with E-state index in [2.05, 4.69) is 37.4 Å². The Kier molecular flexibility index (Phi) is 12.9. The van der Waals surface area contributed by atoms with E-state index in [1.165, 1.54) is 7.11 Å². The number of alkyl carbamates (subject to hydrolysis) is 1. The summed E-state index contributed by atoms with van der Waals surface area (Å²) < 4.78 is 4.83. The van der Waals surface area contributed by atoms with Gasteiger partial charge in [0.25, 0.3) is 5.91 Å². The number of benzene rings is 4. The van der Waals surface area contributed by atoms with Gasteiger partial charge in [0.05, 0.1) is 49.1 Å². The average molecular weight is 886 g/mol. The average Bonchev–Trinajstić information content (AvgIpc) is 4.23. The standard InChI is InChI=1S/C51H51N9O6/c1-66-51(65)57-45(38-12-6-3-7-13-38)49(63)60-28-9-15-43(60)47-53-31-41(55-47)36-24-20-34(21-25-36)17-16-33-18-22-35(23-19-33)40-30-52-46(54-40)42-14-8-27-59(42)48(62)44(37-10-4-2-5-11-37)56-50(64)58-29-26-39(61)32-58/h2-7,10-13,18-25,30-31,39,42-45,61H,8-9,14-15,26-29,32H2,1H3,(H,52,54)(H,53,55)(H,56,64)(H,57,65)/t39-,42+,43+,44-,45-/m1/s1. The highest BCUT2D eigenvalue weighted by molar-refractivity contribution is 5.89. The van der Waals surface area contributed by atoms with Gasteiger partial charge in [0, 0.05) is 37.3 Å². The Labute approximate surface area is 382 Å². The first kappa shape index (κ1) is 43.5. The van der Waals surface area contributed by atoms with E-state index >= 15 is 0 Å². The van der Waals surface area contributed by atoms with Crippen LogP contribution >= 0.6 is 0 Å². The smallest absolute Gasteiger partial charge is 0.407 e. The Morgan fingerprint density at radius 2 is 1.12 bits per heavy atom. The number of rotatable bonds is 10. The molecule has 66 heavy (non-hydrogen) atoms. The molecule has 0 spiro atoms. The van der Waals surface area contributed by atoms with Crippen molar-refractivity contribution >= 4 is 23.9 Å². The van der Waals surface area contributed by atoms with E-state index in [-0.39, 0.29) is 36.5 Å². The number of imidazole rings is 2. The largest absolute Gasteiger partial charge is 0.453 e. The Morgan fingerprint density at radius 3 is 1.56 bits per heavy atom. The van der Waals surface area contributed by atoms with Crippen LogP contribution in [-0.4, -0.2) is 103 Å². The molecule has 15 heteroatoms. The Bertz CT molecular complexity index is 2730. The quantitative estimate of drug-likeness (QED) is 0.0928. The molecule has 9 rings (SSSR count). The molecule has 336 valence electrons. The molecule has 0 aliphatic carbocycles. The molecule has 5 heterocycles. The van der Waals surface area contributed by atoms with Crippen molar-refractivity contribution in [2.75, 3.05) is 33.3 Å². The summed E-state index contributed by atoms with van der Waals surface area (Å²) in [5.74, 6) is 7.47. The van der Waals surface area contributed by atoms with Gasteiger partial charge in [-0.25, -0.2) is 19.6 Å². The maximum atomic E-state index is 14.2. The third-order valence-corrected chi connectivity index (χ3v) is 12.6. The number of aromatic amines is 2. The van der Waals surface area contributed by atoms with Gasteiger partial charge in [-0.1, -0.05) is 96.8 Å². The lowest BCUT2D eigenvalue weighted by molar-refractivity contribution is -0.135. The lowest BCUT2D eigenvalue weighted by atomic mass is 10.0. The molecule has 3 aliphatic rings. The number of carbonyl (C=O) groups excluding carboxylic acids is 4. The predicted molar refractivity (Wildman–Crippen MR) is 246 cm³/mol. The highest BCUT2D eigenvalue weighted by Crippen LogP contribution is 2.36. The molecule has 3 saturated heterocycles. The Hall–Kier alpha value is -7.70. The fourth-order valence-electron chi connectivity index (χ4n) is 9.06. The third kappa shape index (κ3) is 9.55. The zero-order valence-electron chi connectivity index (χ0n) is 36.5. The van der Waals surface area contributed by atoms with Crippen molar-refractivity contribution in [2.45, 2.75) is 62.4 Å². The van der Waals surface area contributed by atoms with Gasteiger partial charge in [-0.15, -0.1) is 0 Å². The molecule has 3 aliphatic heterocycles. The summed E-state index contributed by atoms with van der Waals surface area (Å²) >= 11 is 0. The summed E-state index contributed by atoms with van der Waals surface area (Å²) in [6.45, 7) is 1.77. The number of H-pyrrole nitrogens is 2. The lowest BCUT2D eigenvalue weighted by Gasteiger charge is -2.30. The number of aliphatic hydroxyl groups is 1. The first-order valence-corrected chi connectivity index (χ1v) is 22.3. The van der Waals surface area contributed by atoms with Crippen molar-refractivity contribution in [3.8, 4) is 34.4 Å². The number of ether oxygens (including phenoxy) is 1. The monoisotopic (exact) mass is 885 g/mol. The second-order valence-electron chi connectivity index (χ2n) is 16.8. The number of methoxy groups -OCH3 is 1. The van der Waals surface area contributed by atoms with Gasteiger partial charge in [-0.3, -0.25) is 9.59 Å². The Balaban J connectivity index is 0.829. The number of nitrogens with one attached hydrogen (secondary N) is 4. The number of carbonyl (C=O) groups is 4. The molecular weight excluding hydrogens is 835 g/mol. The van der Waals surface area contributed by atoms with Crippen LogP contribution < -0.4 is 10.6 Å². The normalized spacial score (nSPS) is 18.9. The summed E-state index contributed by atoms with van der Waals surface area (Å²) in [6, 6.07) is 31.5. The van der Waals surface area contributed by atoms with E-state index in [0.717, 1.165) is 59.3 Å². The van der Waals surface area contributed by atoms with Crippen molar-refractivity contribution in [3.05, 3.63) is 155 Å². The molecule has 0 bridgehead atoms. The van der Waals surface area contributed by atoms with Crippen LogP contribution in [0.5, 0.6) is 0 Å². The first-order valence-electron chi connectivity index (χ1n) is 22.3. The number of hydrogen-bond donors (Lipinski definition) is 5. The van der Waals surface area contributed by atoms with Crippen LogP contribution in [0.4, 0.5) is 9.59 Å². The number of nitrogens with zero attached hydrogens (tertiary/aromatic N) is 5. The summed E-state index contributed by atoms with van der Waals surface area (Å²) in [5.41, 5.74) is 6.56. The topological polar surface area (TPSA) is 189 Å². The molecule has 5 N–H and O–H groups in total. The van der Waals surface area contributed by atoms with E-state index in [9.17, 15) is 24.3 Å². The number of β-amino-alcohol motifs (C(OH)–C–C–N with tert-alkyl or cyclic N) is 1. The van der Waals surface area contributed by atoms with Gasteiger partial charge in [0.2, 0.25) is 5.91 Å². The first-order chi connectivity index (χ1) is 32.2. The van der Waals surface area contributed by atoms with Gasteiger partial charge in [0.1, 0.15) is 23.7 Å². The predicted octanol–water partition coefficient (Wildman–Crippen LogP) is 6.81. The van der Waals surface area contributed by atoms with Crippen LogP contribution in [0.15, 0.2) is 122 Å². The lowest BCUT2D eigenvalue weighted by Crippen LogP contribution is -2.47. The number of hydrogen-bond acceptors (Lipinski definition) is 8. The number of urea groups is 1. The maximum absolute atomic E-state index is 14.2. The highest BCUT2D eigenvalue weighted by atomic mass is 16.5. The summed E-state index contributed by atoms with van der Waals surface area (Å²) in [7, 11) is 1.28. The summed E-state index contributed by atoms with van der Waals surface area (Å²) in [5, 5.41) is 15.7. The highest BCUT2D eigenvalue weighted by Gasteiger charge is 2.39. The zero-order chi connectivity index (χ0) is 45.6. The van der Waals surface area contributed by atoms with E-state index in [1.54, 1.807) is 22.2 Å². The molecule has 5 atom stereocenters. The molecule has 6 aromatic rings. The third-order valence-electron chi connectivity index (χ3n) is 12.6. The number of amides is 5. The molecule has 4 aromatic carbocycles. The second-order valence-corrected chi connectivity index (χ2v) is 16.8. The minimum Gasteiger partial charge on any atom is -0.453 e. The van der Waals surface area contributed by atoms with Crippen LogP contribution in [0.3, 0.4) is 0 Å². The molecular formula is C51H51N9O6. The summed E-state index contributed by atoms with van der Waals surface area (Å²) in [4.78, 5) is 75.0. The fraction of sp³-hybridized carbons (Fsp3) is 0.294. The van der Waals surface area contributed by atoms with Crippen LogP contribution in [0.2, 0.25) is 0 Å². The van der Waals surface area contributed by atoms with Crippen LogP contribution in [-0.2, 0) is 14.3 Å². The SMILES string of the molecule is COC(=O)N[C@@H](C(=O)N1CCC[C@H]1c1ncc(-c2ccc(C#Cc3ccc(-c4cnc([C@@H]5CCCN5C(=O)[C@H](NC(=O)N5CC[C@@H](O)C5)c5ccccc5)[nH]4)cc3)cc2)[nH]1)c1ccccc1. The van der Waals surface area contributed by atoms with Crippen LogP contribution in [0.25, 0.3) is 22.5 Å². The maximum Gasteiger partial charge on any atom is 0.407 e. The van der Waals surface area contributed by atoms with Crippen LogP contribution in [0, 0.1) is 11.8 Å². The molecule has 2 aromatic heterocycles. The van der Waals surface area contributed by atoms with Gasteiger partial charge < -0.3 is 45.1 Å². The fourth-order valence-corrected chi connectivity index (χ4v) is 9.06. The van der Waals surface area contributed by atoms with Gasteiger partial charge in [-0.05, 0) is 78.6 Å². The number of aliphatic hydroxyl groups excluding tert-OH is 1. The molecule has 0 radical (unpaired) electrons. The van der Waals surface area contributed by atoms with Crippen molar-refractivity contribution in [1.29, 1.82) is 0 Å². The second kappa shape index (κ2) is 19.6. The molecule has 15 nitrogen and oxygen atoms in total. The zero-order valence-corrected chi connectivity index (χ0v) is 36.5. The van der Waals surface area contributed by atoms with E-state index in [4.69, 9.17) is 9.72 Å². The molecule has 0 saturated carbocycles. The van der Waals surface area contributed by atoms with Gasteiger partial charge >= 0.3 is 12.1 Å². The Morgan fingerprint density at radius 1 is 0.652 bits per heavy atom. The van der Waals surface area contributed by atoms with E-state index in [1.807, 2.05) is 114 Å². The van der Waals surface area contributed by atoms with Crippen molar-refractivity contribution in [2.24, 2.45) is 0 Å². The number of aromatic nitrogens is 4. The number of likely N-dealkylation sites (tertiary alicyclic amines) is 3. The van der Waals surface area contributed by atoms with E-state index in [0.29, 0.717) is 48.8 Å². The van der Waals surface area contributed by atoms with Gasteiger partial charge in [-0.2, -0.15) is 0 Å². The van der Waals surface area contributed by atoms with Crippen molar-refractivity contribution in [3.63, 3.8) is 0 Å². The van der Waals surface area contributed by atoms with Crippen molar-refractivity contribution < 1.29 is 29.0 Å². The minimum absolute atomic E-state index is 0.200. The molecule has 0 unspecified atom stereocenters. The minimum atomic E-state index is -0.889. The van der Waals surface area contributed by atoms with E-state index < -0.39 is 24.3 Å². The van der Waals surface area contributed by atoms with Gasteiger partial charge in [0.15, 0.2) is 0 Å². The van der Waals surface area contributed by atoms with Crippen molar-refractivity contribution in [1.82, 2.24) is 45.3 Å². The van der Waals surface area contributed by atoms with Crippen LogP contribution in [0.1, 0.15) is 90.2 Å². The summed E-state index contributed by atoms with van der Waals surface area (Å²) in [6.07, 6.45) is 5.93. The molecule has 3 fully saturated rings. The molecule has 5 amide bonds.